The zero-order valence-corrected chi connectivity index (χ0v) is 10.9. The van der Waals surface area contributed by atoms with Crippen LogP contribution in [0.4, 0.5) is 10.1 Å². The van der Waals surface area contributed by atoms with E-state index in [0.717, 1.165) is 18.3 Å². The molecule has 0 radical (unpaired) electrons. The topological polar surface area (TPSA) is 79.3 Å². The van der Waals surface area contributed by atoms with Crippen LogP contribution in [0, 0.1) is 5.82 Å². The Kier molecular flexibility index (Phi) is 3.59. The maximum absolute atomic E-state index is 13.4. The van der Waals surface area contributed by atoms with Gasteiger partial charge in [-0.2, -0.15) is 8.42 Å². The van der Waals surface area contributed by atoms with Gasteiger partial charge in [0.2, 0.25) is 5.03 Å². The lowest BCUT2D eigenvalue weighted by molar-refractivity contribution is 0.476. The smallest absolute Gasteiger partial charge is 0.282 e. The van der Waals surface area contributed by atoms with Crippen molar-refractivity contribution in [2.75, 3.05) is 4.72 Å². The molecule has 0 aliphatic rings. The Bertz CT molecular complexity index is 722. The Morgan fingerprint density at radius 3 is 2.68 bits per heavy atom. The van der Waals surface area contributed by atoms with Crippen molar-refractivity contribution in [3.05, 3.63) is 47.4 Å². The highest BCUT2D eigenvalue weighted by molar-refractivity contribution is 7.92. The Balaban J connectivity index is 2.37. The number of halogens is 2. The second-order valence-electron chi connectivity index (χ2n) is 3.56. The first-order chi connectivity index (χ1) is 8.90. The van der Waals surface area contributed by atoms with Crippen molar-refractivity contribution in [1.29, 1.82) is 0 Å². The summed E-state index contributed by atoms with van der Waals surface area (Å²) < 4.78 is 39.3. The summed E-state index contributed by atoms with van der Waals surface area (Å²) >= 11 is 5.59. The van der Waals surface area contributed by atoms with E-state index in [1.165, 1.54) is 18.2 Å². The molecular weight excluding hydrogens is 295 g/mol. The van der Waals surface area contributed by atoms with Crippen LogP contribution in [0.5, 0.6) is 5.75 Å². The zero-order valence-electron chi connectivity index (χ0n) is 9.34. The summed E-state index contributed by atoms with van der Waals surface area (Å²) in [6.45, 7) is 0. The lowest BCUT2D eigenvalue weighted by atomic mass is 10.3. The molecule has 1 aromatic carbocycles. The van der Waals surface area contributed by atoms with Crippen LogP contribution in [0.2, 0.25) is 5.02 Å². The van der Waals surface area contributed by atoms with Crippen molar-refractivity contribution in [1.82, 2.24) is 4.98 Å². The van der Waals surface area contributed by atoms with Gasteiger partial charge in [0.15, 0.2) is 5.82 Å². The number of nitrogens with zero attached hydrogens (tertiary/aromatic N) is 1. The van der Waals surface area contributed by atoms with Gasteiger partial charge in [-0.15, -0.1) is 0 Å². The molecule has 2 N–H and O–H groups in total. The molecule has 0 aliphatic carbocycles. The number of benzene rings is 1. The Hall–Kier alpha value is -1.86. The average Bonchev–Trinajstić information content (AvgIpc) is 2.34. The van der Waals surface area contributed by atoms with Crippen LogP contribution in [0.15, 0.2) is 41.6 Å². The fourth-order valence-electron chi connectivity index (χ4n) is 1.35. The molecule has 0 aliphatic heterocycles. The van der Waals surface area contributed by atoms with E-state index in [0.29, 0.717) is 0 Å². The first kappa shape index (κ1) is 13.6. The van der Waals surface area contributed by atoms with Gasteiger partial charge in [0.25, 0.3) is 10.0 Å². The van der Waals surface area contributed by atoms with Gasteiger partial charge in [0.1, 0.15) is 5.75 Å². The number of rotatable bonds is 3. The predicted molar refractivity (Wildman–Crippen MR) is 68.1 cm³/mol. The molecular formula is C11H8ClFN2O3S. The number of phenolic OH excluding ortho intramolecular Hbond substituents is 1. The van der Waals surface area contributed by atoms with E-state index in [-0.39, 0.29) is 16.5 Å². The summed E-state index contributed by atoms with van der Waals surface area (Å²) in [6, 6.07) is 6.02. The quantitative estimate of drug-likeness (QED) is 0.912. The Labute approximate surface area is 113 Å². The van der Waals surface area contributed by atoms with Gasteiger partial charge in [-0.1, -0.05) is 11.6 Å². The molecule has 0 amide bonds. The van der Waals surface area contributed by atoms with E-state index >= 15 is 0 Å². The standard InChI is InChI=1S/C11H8ClFN2O3S/c12-8-4-3-7(6-10(8)16)15-19(17,18)11-9(13)2-1-5-14-11/h1-6,15-16H. The van der Waals surface area contributed by atoms with Gasteiger partial charge in [-0.05, 0) is 24.3 Å². The molecule has 0 unspecified atom stereocenters. The number of aromatic nitrogens is 1. The summed E-state index contributed by atoms with van der Waals surface area (Å²) in [4.78, 5) is 3.47. The summed E-state index contributed by atoms with van der Waals surface area (Å²) in [5, 5.41) is 8.72. The van der Waals surface area contributed by atoms with Crippen molar-refractivity contribution in [2.24, 2.45) is 0 Å². The maximum Gasteiger partial charge on any atom is 0.282 e. The molecule has 8 heteroatoms. The van der Waals surface area contributed by atoms with E-state index in [1.54, 1.807) is 0 Å². The van der Waals surface area contributed by atoms with Crippen LogP contribution in [-0.4, -0.2) is 18.5 Å². The van der Waals surface area contributed by atoms with Crippen molar-refractivity contribution in [3.63, 3.8) is 0 Å². The predicted octanol–water partition coefficient (Wildman–Crippen LogP) is 2.38. The van der Waals surface area contributed by atoms with Gasteiger partial charge in [-0.25, -0.2) is 9.37 Å². The van der Waals surface area contributed by atoms with Gasteiger partial charge in [0, 0.05) is 12.3 Å². The minimum absolute atomic E-state index is 0.0481. The minimum atomic E-state index is -4.16. The van der Waals surface area contributed by atoms with Gasteiger partial charge in [-0.3, -0.25) is 4.72 Å². The van der Waals surface area contributed by atoms with Crippen molar-refractivity contribution >= 4 is 27.3 Å². The van der Waals surface area contributed by atoms with Crippen LogP contribution in [0.25, 0.3) is 0 Å². The van der Waals surface area contributed by atoms with Crippen LogP contribution < -0.4 is 4.72 Å². The molecule has 5 nitrogen and oxygen atoms in total. The third-order valence-electron chi connectivity index (χ3n) is 2.18. The largest absolute Gasteiger partial charge is 0.506 e. The molecule has 2 aromatic rings. The molecule has 1 aromatic heterocycles. The number of pyridine rings is 1. The minimum Gasteiger partial charge on any atom is -0.506 e. The molecule has 0 saturated carbocycles. The molecule has 0 bridgehead atoms. The number of aromatic hydroxyl groups is 1. The molecule has 0 fully saturated rings. The van der Waals surface area contributed by atoms with E-state index in [2.05, 4.69) is 9.71 Å². The van der Waals surface area contributed by atoms with Gasteiger partial charge in [0.05, 0.1) is 10.7 Å². The molecule has 0 saturated heterocycles. The average molecular weight is 303 g/mol. The number of anilines is 1. The molecule has 2 rings (SSSR count). The normalized spacial score (nSPS) is 11.3. The first-order valence-electron chi connectivity index (χ1n) is 5.02. The van der Waals surface area contributed by atoms with Crippen LogP contribution >= 0.6 is 11.6 Å². The van der Waals surface area contributed by atoms with Crippen molar-refractivity contribution in [2.45, 2.75) is 5.03 Å². The summed E-state index contributed by atoms with van der Waals surface area (Å²) in [7, 11) is -4.16. The second-order valence-corrected chi connectivity index (χ2v) is 5.57. The number of sulfonamides is 1. The third-order valence-corrected chi connectivity index (χ3v) is 3.81. The molecule has 0 atom stereocenters. The van der Waals surface area contributed by atoms with Gasteiger partial charge < -0.3 is 5.11 Å². The molecule has 0 spiro atoms. The lowest BCUT2D eigenvalue weighted by Crippen LogP contribution is -2.16. The maximum atomic E-state index is 13.4. The Morgan fingerprint density at radius 2 is 2.05 bits per heavy atom. The zero-order chi connectivity index (χ0) is 14.0. The first-order valence-corrected chi connectivity index (χ1v) is 6.88. The number of hydrogen-bond donors (Lipinski definition) is 2. The van der Waals surface area contributed by atoms with Crippen LogP contribution in [0.1, 0.15) is 0 Å². The highest BCUT2D eigenvalue weighted by Gasteiger charge is 2.20. The second kappa shape index (κ2) is 5.02. The van der Waals surface area contributed by atoms with Crippen LogP contribution in [0.3, 0.4) is 0 Å². The highest BCUT2D eigenvalue weighted by Crippen LogP contribution is 2.27. The highest BCUT2D eigenvalue weighted by atomic mass is 35.5. The fourth-order valence-corrected chi connectivity index (χ4v) is 2.52. The summed E-state index contributed by atoms with van der Waals surface area (Å²) in [5.41, 5.74) is 0.0481. The number of phenols is 1. The van der Waals surface area contributed by atoms with E-state index in [9.17, 15) is 17.9 Å². The van der Waals surface area contributed by atoms with Crippen LogP contribution in [-0.2, 0) is 10.0 Å². The van der Waals surface area contributed by atoms with E-state index in [4.69, 9.17) is 11.6 Å². The monoisotopic (exact) mass is 302 g/mol. The van der Waals surface area contributed by atoms with Gasteiger partial charge >= 0.3 is 0 Å². The number of nitrogens with one attached hydrogen (secondary N) is 1. The van der Waals surface area contributed by atoms with Crippen molar-refractivity contribution in [3.8, 4) is 5.75 Å². The molecule has 100 valence electrons. The summed E-state index contributed by atoms with van der Waals surface area (Å²) in [6.07, 6.45) is 1.16. The lowest BCUT2D eigenvalue weighted by Gasteiger charge is -2.08. The molecule has 19 heavy (non-hydrogen) atoms. The number of hydrogen-bond acceptors (Lipinski definition) is 4. The summed E-state index contributed by atoms with van der Waals surface area (Å²) in [5.74, 6) is -1.25. The van der Waals surface area contributed by atoms with E-state index in [1.807, 2.05) is 0 Å². The fraction of sp³-hybridized carbons (Fsp3) is 0. The van der Waals surface area contributed by atoms with E-state index < -0.39 is 20.9 Å². The van der Waals surface area contributed by atoms with Crippen molar-refractivity contribution < 1.29 is 17.9 Å². The third kappa shape index (κ3) is 2.94. The Morgan fingerprint density at radius 1 is 1.32 bits per heavy atom. The SMILES string of the molecule is O=S(=O)(Nc1ccc(Cl)c(O)c1)c1ncccc1F. The molecule has 1 heterocycles.